The smallest absolute Gasteiger partial charge is 0.137 e. The van der Waals surface area contributed by atoms with Crippen LogP contribution in [0.25, 0.3) is 0 Å². The molecule has 1 atom stereocenters. The molecule has 1 N–H and O–H groups in total. The first-order valence-corrected chi connectivity index (χ1v) is 7.33. The molecule has 2 nitrogen and oxygen atoms in total. The minimum absolute atomic E-state index is 0.365. The number of methoxy groups -OCH3 is 1. The molecule has 0 fully saturated rings. The fourth-order valence-corrected chi connectivity index (χ4v) is 3.12. The lowest BCUT2D eigenvalue weighted by Crippen LogP contribution is -2.17. The molecular formula is C17H18ClNO. The zero-order valence-electron chi connectivity index (χ0n) is 11.5. The predicted octanol–water partition coefficient (Wildman–Crippen LogP) is 4.84. The maximum absolute atomic E-state index is 6.18. The van der Waals surface area contributed by atoms with Crippen molar-refractivity contribution in [2.75, 3.05) is 12.4 Å². The summed E-state index contributed by atoms with van der Waals surface area (Å²) < 4.78 is 5.19. The Morgan fingerprint density at radius 2 is 2.05 bits per heavy atom. The van der Waals surface area contributed by atoms with Gasteiger partial charge in [-0.2, -0.15) is 0 Å². The van der Waals surface area contributed by atoms with Crippen molar-refractivity contribution in [1.29, 1.82) is 0 Å². The Morgan fingerprint density at radius 1 is 1.20 bits per heavy atom. The highest BCUT2D eigenvalue weighted by molar-refractivity contribution is 6.32. The Balaban J connectivity index is 1.84. The van der Waals surface area contributed by atoms with E-state index in [9.17, 15) is 0 Å². The van der Waals surface area contributed by atoms with Crippen molar-refractivity contribution >= 4 is 17.3 Å². The molecule has 1 aliphatic carbocycles. The Kier molecular flexibility index (Phi) is 3.83. The summed E-state index contributed by atoms with van der Waals surface area (Å²) in [6.07, 6.45) is 3.55. The molecule has 3 heteroatoms. The molecule has 2 aromatic carbocycles. The Labute approximate surface area is 124 Å². The van der Waals surface area contributed by atoms with Crippen molar-refractivity contribution in [3.63, 3.8) is 0 Å². The second kappa shape index (κ2) is 5.76. The Bertz CT molecular complexity index is 612. The first-order chi connectivity index (χ1) is 9.78. The summed E-state index contributed by atoms with van der Waals surface area (Å²) in [5.74, 6) is 0.710. The van der Waals surface area contributed by atoms with E-state index in [1.54, 1.807) is 7.11 Å². The van der Waals surface area contributed by atoms with Gasteiger partial charge in [0.05, 0.1) is 18.2 Å². The van der Waals surface area contributed by atoms with Gasteiger partial charge in [0.15, 0.2) is 0 Å². The van der Waals surface area contributed by atoms with E-state index in [2.05, 4.69) is 29.6 Å². The third-order valence-electron chi connectivity index (χ3n) is 3.86. The highest BCUT2D eigenvalue weighted by Crippen LogP contribution is 2.34. The molecule has 3 rings (SSSR count). The minimum atomic E-state index is 0.365. The quantitative estimate of drug-likeness (QED) is 0.872. The van der Waals surface area contributed by atoms with Gasteiger partial charge in [-0.1, -0.05) is 35.9 Å². The van der Waals surface area contributed by atoms with Crippen LogP contribution in [0.5, 0.6) is 5.75 Å². The molecule has 20 heavy (non-hydrogen) atoms. The molecule has 0 bridgehead atoms. The van der Waals surface area contributed by atoms with Crippen molar-refractivity contribution in [3.8, 4) is 5.75 Å². The summed E-state index contributed by atoms with van der Waals surface area (Å²) in [5.41, 5.74) is 3.90. The van der Waals surface area contributed by atoms with Crippen LogP contribution in [0, 0.1) is 0 Å². The highest BCUT2D eigenvalue weighted by atomic mass is 35.5. The van der Waals surface area contributed by atoms with Gasteiger partial charge in [-0.15, -0.1) is 0 Å². The van der Waals surface area contributed by atoms with Gasteiger partial charge in [-0.25, -0.2) is 0 Å². The number of hydrogen-bond donors (Lipinski definition) is 1. The number of benzene rings is 2. The molecule has 0 heterocycles. The first kappa shape index (κ1) is 13.3. The normalized spacial score (nSPS) is 17.4. The van der Waals surface area contributed by atoms with Crippen LogP contribution in [-0.2, 0) is 6.42 Å². The number of hydrogen-bond acceptors (Lipinski definition) is 2. The van der Waals surface area contributed by atoms with E-state index in [1.165, 1.54) is 24.0 Å². The fraction of sp³-hybridized carbons (Fsp3) is 0.294. The number of halogens is 1. The molecular weight excluding hydrogens is 270 g/mol. The van der Waals surface area contributed by atoms with Gasteiger partial charge in [0.1, 0.15) is 5.75 Å². The largest absolute Gasteiger partial charge is 0.495 e. The van der Waals surface area contributed by atoms with Gasteiger partial charge in [0, 0.05) is 5.69 Å². The molecule has 0 saturated heterocycles. The molecule has 104 valence electrons. The van der Waals surface area contributed by atoms with Crippen LogP contribution in [-0.4, -0.2) is 7.11 Å². The Hall–Kier alpha value is -1.67. The molecule has 1 unspecified atom stereocenters. The second-order valence-corrected chi connectivity index (χ2v) is 5.54. The summed E-state index contributed by atoms with van der Waals surface area (Å²) in [6, 6.07) is 14.9. The number of rotatable bonds is 3. The molecule has 0 amide bonds. The standard InChI is InChI=1S/C17H18ClNO/c1-20-17-10-9-13(11-15(17)18)19-16-8-4-6-12-5-2-3-7-14(12)16/h2-3,5,7,9-11,16,19H,4,6,8H2,1H3. The van der Waals surface area contributed by atoms with Gasteiger partial charge in [-0.05, 0) is 48.6 Å². The lowest BCUT2D eigenvalue weighted by atomic mass is 9.87. The van der Waals surface area contributed by atoms with Crippen LogP contribution in [0.15, 0.2) is 42.5 Å². The topological polar surface area (TPSA) is 21.3 Å². The summed E-state index contributed by atoms with van der Waals surface area (Å²) in [6.45, 7) is 0. The van der Waals surface area contributed by atoms with Crippen molar-refractivity contribution in [2.45, 2.75) is 25.3 Å². The lowest BCUT2D eigenvalue weighted by Gasteiger charge is -2.27. The summed E-state index contributed by atoms with van der Waals surface area (Å²) in [7, 11) is 1.63. The van der Waals surface area contributed by atoms with E-state index in [1.807, 2.05) is 18.2 Å². The average Bonchev–Trinajstić information content (AvgIpc) is 2.48. The van der Waals surface area contributed by atoms with Crippen LogP contribution >= 0.6 is 11.6 Å². The molecule has 0 aromatic heterocycles. The number of fused-ring (bicyclic) bond motifs is 1. The van der Waals surface area contributed by atoms with Crippen LogP contribution in [0.3, 0.4) is 0 Å². The minimum Gasteiger partial charge on any atom is -0.495 e. The van der Waals surface area contributed by atoms with Crippen LogP contribution in [0.2, 0.25) is 5.02 Å². The summed E-state index contributed by atoms with van der Waals surface area (Å²) in [5, 5.41) is 4.23. The molecule has 1 aliphatic rings. The van der Waals surface area contributed by atoms with Crippen LogP contribution in [0.4, 0.5) is 5.69 Å². The third-order valence-corrected chi connectivity index (χ3v) is 4.16. The summed E-state index contributed by atoms with van der Waals surface area (Å²) >= 11 is 6.18. The van der Waals surface area contributed by atoms with Crippen LogP contribution < -0.4 is 10.1 Å². The van der Waals surface area contributed by atoms with Crippen molar-refractivity contribution in [3.05, 3.63) is 58.6 Å². The number of anilines is 1. The molecule has 0 spiro atoms. The van der Waals surface area contributed by atoms with Crippen molar-refractivity contribution in [1.82, 2.24) is 0 Å². The second-order valence-electron chi connectivity index (χ2n) is 5.14. The van der Waals surface area contributed by atoms with Gasteiger partial charge in [0.2, 0.25) is 0 Å². The third kappa shape index (κ3) is 2.61. The zero-order valence-corrected chi connectivity index (χ0v) is 12.3. The van der Waals surface area contributed by atoms with Gasteiger partial charge >= 0.3 is 0 Å². The van der Waals surface area contributed by atoms with E-state index in [-0.39, 0.29) is 0 Å². The molecule has 0 saturated carbocycles. The maximum Gasteiger partial charge on any atom is 0.137 e. The first-order valence-electron chi connectivity index (χ1n) is 6.96. The van der Waals surface area contributed by atoms with E-state index in [0.29, 0.717) is 16.8 Å². The molecule has 0 radical (unpaired) electrons. The Morgan fingerprint density at radius 3 is 2.85 bits per heavy atom. The fourth-order valence-electron chi connectivity index (χ4n) is 2.86. The number of ether oxygens (including phenoxy) is 1. The lowest BCUT2D eigenvalue weighted by molar-refractivity contribution is 0.415. The van der Waals surface area contributed by atoms with E-state index >= 15 is 0 Å². The zero-order chi connectivity index (χ0) is 13.9. The maximum atomic E-state index is 6.18. The SMILES string of the molecule is COc1ccc(NC2CCCc3ccccc32)cc1Cl. The summed E-state index contributed by atoms with van der Waals surface area (Å²) in [4.78, 5) is 0. The van der Waals surface area contributed by atoms with E-state index in [4.69, 9.17) is 16.3 Å². The van der Waals surface area contributed by atoms with Crippen molar-refractivity contribution < 1.29 is 4.74 Å². The number of nitrogens with one attached hydrogen (secondary N) is 1. The van der Waals surface area contributed by atoms with Gasteiger partial charge in [-0.3, -0.25) is 0 Å². The predicted molar refractivity (Wildman–Crippen MR) is 83.7 cm³/mol. The van der Waals surface area contributed by atoms with Gasteiger partial charge in [0.25, 0.3) is 0 Å². The van der Waals surface area contributed by atoms with Gasteiger partial charge < -0.3 is 10.1 Å². The molecule has 2 aromatic rings. The van der Waals surface area contributed by atoms with E-state index < -0.39 is 0 Å². The van der Waals surface area contributed by atoms with Crippen molar-refractivity contribution in [2.24, 2.45) is 0 Å². The average molecular weight is 288 g/mol. The monoisotopic (exact) mass is 287 g/mol. The molecule has 0 aliphatic heterocycles. The van der Waals surface area contributed by atoms with E-state index in [0.717, 1.165) is 12.1 Å². The van der Waals surface area contributed by atoms with Crippen LogP contribution in [0.1, 0.15) is 30.0 Å². The highest BCUT2D eigenvalue weighted by Gasteiger charge is 2.19. The number of aryl methyl sites for hydroxylation is 1.